The van der Waals surface area contributed by atoms with Crippen LogP contribution >= 0.6 is 27.7 Å². The first-order chi connectivity index (χ1) is 15.1. The first-order valence-corrected chi connectivity index (χ1v) is 11.2. The second kappa shape index (κ2) is 9.76. The van der Waals surface area contributed by atoms with Crippen LogP contribution in [0.4, 0.5) is 0 Å². The maximum absolute atomic E-state index is 12.3. The zero-order chi connectivity index (χ0) is 21.6. The minimum atomic E-state index is -0.220. The Morgan fingerprint density at radius 2 is 1.87 bits per heavy atom. The van der Waals surface area contributed by atoms with E-state index in [4.69, 9.17) is 0 Å². The molecule has 0 saturated heterocycles. The van der Waals surface area contributed by atoms with Crippen LogP contribution in [0.5, 0.6) is 0 Å². The zero-order valence-electron chi connectivity index (χ0n) is 16.6. The molecule has 0 aliphatic heterocycles. The number of aryl methyl sites for hydroxylation is 1. The molecule has 0 radical (unpaired) electrons. The average Bonchev–Trinajstić information content (AvgIpc) is 3.40. The van der Waals surface area contributed by atoms with E-state index in [9.17, 15) is 4.79 Å². The molecule has 7 nitrogen and oxygen atoms in total. The highest BCUT2D eigenvalue weighted by molar-refractivity contribution is 9.10. The highest BCUT2D eigenvalue weighted by Gasteiger charge is 2.17. The molecule has 0 bridgehead atoms. The molecule has 0 aliphatic rings. The molecule has 2 heterocycles. The smallest absolute Gasteiger partial charge is 0.250 e. The van der Waals surface area contributed by atoms with Crippen molar-refractivity contribution in [3.63, 3.8) is 0 Å². The number of nitrogens with one attached hydrogen (secondary N) is 1. The van der Waals surface area contributed by atoms with Gasteiger partial charge in [0, 0.05) is 29.0 Å². The summed E-state index contributed by atoms with van der Waals surface area (Å²) in [6, 6.07) is 21.6. The summed E-state index contributed by atoms with van der Waals surface area (Å²) in [6.07, 6.45) is 3.53. The molecule has 0 aliphatic carbocycles. The molecule has 0 atom stereocenters. The summed E-state index contributed by atoms with van der Waals surface area (Å²) in [5, 5.41) is 13.4. The number of amides is 1. The number of halogens is 1. The molecule has 9 heteroatoms. The number of hydrazone groups is 1. The predicted octanol–water partition coefficient (Wildman–Crippen LogP) is 4.28. The molecule has 2 aromatic carbocycles. The van der Waals surface area contributed by atoms with E-state index < -0.39 is 0 Å². The van der Waals surface area contributed by atoms with Gasteiger partial charge in [0.2, 0.25) is 0 Å². The lowest BCUT2D eigenvalue weighted by Gasteiger charge is -2.10. The first-order valence-electron chi connectivity index (χ1n) is 9.44. The van der Waals surface area contributed by atoms with Gasteiger partial charge in [0.05, 0.1) is 17.7 Å². The molecule has 0 saturated carbocycles. The summed E-state index contributed by atoms with van der Waals surface area (Å²) in [6.45, 7) is 0. The van der Waals surface area contributed by atoms with Crippen LogP contribution in [-0.2, 0) is 11.8 Å². The Kier molecular flexibility index (Phi) is 6.63. The largest absolute Gasteiger partial charge is 0.350 e. The summed E-state index contributed by atoms with van der Waals surface area (Å²) in [5.74, 6) is 0.656. The number of nitrogens with zero attached hydrogens (tertiary/aromatic N) is 5. The predicted molar refractivity (Wildman–Crippen MR) is 126 cm³/mol. The van der Waals surface area contributed by atoms with E-state index in [0.717, 1.165) is 21.4 Å². The zero-order valence-corrected chi connectivity index (χ0v) is 19.0. The summed E-state index contributed by atoms with van der Waals surface area (Å²) < 4.78 is 4.85. The average molecular weight is 495 g/mol. The third-order valence-electron chi connectivity index (χ3n) is 4.45. The third-order valence-corrected chi connectivity index (χ3v) is 5.91. The standard InChI is InChI=1S/C22H19BrN6OS/c1-28-13-5-8-19(28)14-24-25-20(30)15-31-22-27-26-21(16-6-3-2-4-7-16)29(22)18-11-9-17(23)10-12-18/h2-14H,15H2,1H3,(H,25,30)/b24-14+. The van der Waals surface area contributed by atoms with Crippen LogP contribution in [-0.4, -0.2) is 37.2 Å². The van der Waals surface area contributed by atoms with Crippen molar-refractivity contribution < 1.29 is 4.79 Å². The highest BCUT2D eigenvalue weighted by Crippen LogP contribution is 2.28. The van der Waals surface area contributed by atoms with E-state index in [2.05, 4.69) is 36.7 Å². The van der Waals surface area contributed by atoms with Gasteiger partial charge in [0.1, 0.15) is 0 Å². The summed E-state index contributed by atoms with van der Waals surface area (Å²) in [4.78, 5) is 12.3. The van der Waals surface area contributed by atoms with Gasteiger partial charge in [-0.1, -0.05) is 58.0 Å². The summed E-state index contributed by atoms with van der Waals surface area (Å²) in [7, 11) is 1.91. The van der Waals surface area contributed by atoms with Gasteiger partial charge >= 0.3 is 0 Å². The van der Waals surface area contributed by atoms with Gasteiger partial charge in [-0.05, 0) is 36.4 Å². The molecule has 1 N–H and O–H groups in total. The SMILES string of the molecule is Cn1cccc1/C=N/NC(=O)CSc1nnc(-c2ccccc2)n1-c1ccc(Br)cc1. The van der Waals surface area contributed by atoms with Crippen LogP contribution in [0.25, 0.3) is 17.1 Å². The maximum atomic E-state index is 12.3. The molecule has 2 aromatic heterocycles. The normalized spacial score (nSPS) is 11.2. The Morgan fingerprint density at radius 1 is 1.10 bits per heavy atom. The van der Waals surface area contributed by atoms with Crippen molar-refractivity contribution in [3.05, 3.63) is 83.1 Å². The fourth-order valence-electron chi connectivity index (χ4n) is 2.90. The van der Waals surface area contributed by atoms with E-state index in [1.54, 1.807) is 6.21 Å². The summed E-state index contributed by atoms with van der Waals surface area (Å²) in [5.41, 5.74) is 5.31. The minimum absolute atomic E-state index is 0.161. The van der Waals surface area contributed by atoms with Crippen molar-refractivity contribution in [2.24, 2.45) is 12.1 Å². The highest BCUT2D eigenvalue weighted by atomic mass is 79.9. The van der Waals surface area contributed by atoms with Gasteiger partial charge in [-0.3, -0.25) is 9.36 Å². The number of carbonyl (C=O) groups is 1. The second-order valence-corrected chi connectivity index (χ2v) is 8.47. The minimum Gasteiger partial charge on any atom is -0.350 e. The van der Waals surface area contributed by atoms with Crippen molar-refractivity contribution >= 4 is 39.8 Å². The Morgan fingerprint density at radius 3 is 2.58 bits per heavy atom. The van der Waals surface area contributed by atoms with E-state index in [-0.39, 0.29) is 11.7 Å². The quantitative estimate of drug-likeness (QED) is 0.236. The first kappa shape index (κ1) is 21.1. The van der Waals surface area contributed by atoms with Crippen LogP contribution in [0.2, 0.25) is 0 Å². The number of carbonyl (C=O) groups excluding carboxylic acids is 1. The number of thioether (sulfide) groups is 1. The number of hydrogen-bond acceptors (Lipinski definition) is 5. The lowest BCUT2D eigenvalue weighted by molar-refractivity contribution is -0.118. The van der Waals surface area contributed by atoms with Gasteiger partial charge in [-0.25, -0.2) is 5.43 Å². The lowest BCUT2D eigenvalue weighted by atomic mass is 10.2. The van der Waals surface area contributed by atoms with Gasteiger partial charge in [-0.15, -0.1) is 10.2 Å². The molecule has 4 aromatic rings. The second-order valence-electron chi connectivity index (χ2n) is 6.61. The van der Waals surface area contributed by atoms with Gasteiger partial charge in [0.25, 0.3) is 5.91 Å². The number of hydrogen-bond donors (Lipinski definition) is 1. The van der Waals surface area contributed by atoms with E-state index >= 15 is 0 Å². The molecule has 0 spiro atoms. The molecule has 31 heavy (non-hydrogen) atoms. The number of benzene rings is 2. The van der Waals surface area contributed by atoms with E-state index in [0.29, 0.717) is 11.0 Å². The van der Waals surface area contributed by atoms with Crippen molar-refractivity contribution in [2.75, 3.05) is 5.75 Å². The van der Waals surface area contributed by atoms with Gasteiger partial charge in [0.15, 0.2) is 11.0 Å². The fourth-order valence-corrected chi connectivity index (χ4v) is 3.91. The molecular formula is C22H19BrN6OS. The summed E-state index contributed by atoms with van der Waals surface area (Å²) >= 11 is 4.78. The van der Waals surface area contributed by atoms with Crippen molar-refractivity contribution in [2.45, 2.75) is 5.16 Å². The van der Waals surface area contributed by atoms with Crippen LogP contribution in [0.15, 0.2) is 87.7 Å². The van der Waals surface area contributed by atoms with Crippen molar-refractivity contribution in [1.29, 1.82) is 0 Å². The van der Waals surface area contributed by atoms with E-state index in [1.165, 1.54) is 11.8 Å². The Balaban J connectivity index is 1.52. The Labute approximate surface area is 192 Å². The van der Waals surface area contributed by atoms with Crippen molar-refractivity contribution in [3.8, 4) is 17.1 Å². The molecule has 156 valence electrons. The fraction of sp³-hybridized carbons (Fsp3) is 0.0909. The molecule has 4 rings (SSSR count). The third kappa shape index (κ3) is 5.12. The molecular weight excluding hydrogens is 476 g/mol. The monoisotopic (exact) mass is 494 g/mol. The Hall–Kier alpha value is -3.17. The van der Waals surface area contributed by atoms with Gasteiger partial charge < -0.3 is 4.57 Å². The number of aromatic nitrogens is 4. The Bertz CT molecular complexity index is 1200. The van der Waals surface area contributed by atoms with Crippen LogP contribution < -0.4 is 5.43 Å². The molecule has 0 unspecified atom stereocenters. The molecule has 0 fully saturated rings. The van der Waals surface area contributed by atoms with E-state index in [1.807, 2.05) is 89.1 Å². The van der Waals surface area contributed by atoms with Crippen LogP contribution in [0.1, 0.15) is 5.69 Å². The van der Waals surface area contributed by atoms with Crippen molar-refractivity contribution in [1.82, 2.24) is 24.8 Å². The van der Waals surface area contributed by atoms with Gasteiger partial charge in [-0.2, -0.15) is 5.10 Å². The van der Waals surface area contributed by atoms with Crippen LogP contribution in [0.3, 0.4) is 0 Å². The maximum Gasteiger partial charge on any atom is 0.250 e. The van der Waals surface area contributed by atoms with Crippen LogP contribution in [0, 0.1) is 0 Å². The number of rotatable bonds is 7. The molecule has 1 amide bonds. The lowest BCUT2D eigenvalue weighted by Crippen LogP contribution is -2.20. The topological polar surface area (TPSA) is 77.1 Å².